The third-order valence-corrected chi connectivity index (χ3v) is 2.85. The Balaban J connectivity index is 2.57. The average Bonchev–Trinajstić information content (AvgIpc) is 2.51. The summed E-state index contributed by atoms with van der Waals surface area (Å²) in [7, 11) is 0. The number of para-hydroxylation sites is 1. The Morgan fingerprint density at radius 2 is 1.80 bits per heavy atom. The largest absolute Gasteiger partial charge is 0.444 e. The Bertz CT molecular complexity index is 648. The molecule has 0 unspecified atom stereocenters. The van der Waals surface area contributed by atoms with Crippen molar-refractivity contribution in [2.45, 2.75) is 39.8 Å². The molecule has 7 nitrogen and oxygen atoms in total. The van der Waals surface area contributed by atoms with Crippen molar-refractivity contribution < 1.29 is 19.1 Å². The summed E-state index contributed by atoms with van der Waals surface area (Å²) < 4.78 is 5.07. The molecule has 0 saturated carbocycles. The Kier molecular flexibility index (Phi) is 7.65. The van der Waals surface area contributed by atoms with E-state index in [9.17, 15) is 14.4 Å². The van der Waals surface area contributed by atoms with E-state index in [0.717, 1.165) is 5.56 Å². The first kappa shape index (κ1) is 20.2. The van der Waals surface area contributed by atoms with Gasteiger partial charge in [0.05, 0.1) is 0 Å². The Morgan fingerprint density at radius 1 is 1.12 bits per heavy atom. The van der Waals surface area contributed by atoms with Crippen LogP contribution in [0.25, 0.3) is 0 Å². The molecular formula is C18H25N3O4. The number of benzene rings is 1. The fourth-order valence-corrected chi connectivity index (χ4v) is 1.85. The minimum absolute atomic E-state index is 0.213. The number of ether oxygens (including phenoxy) is 1. The van der Waals surface area contributed by atoms with Crippen molar-refractivity contribution in [1.82, 2.24) is 10.6 Å². The van der Waals surface area contributed by atoms with Gasteiger partial charge in [-0.15, -0.1) is 0 Å². The molecule has 7 heteroatoms. The second-order valence-electron chi connectivity index (χ2n) is 6.28. The average molecular weight is 347 g/mol. The predicted molar refractivity (Wildman–Crippen MR) is 96.0 cm³/mol. The van der Waals surface area contributed by atoms with Gasteiger partial charge in [0.25, 0.3) is 0 Å². The third kappa shape index (κ3) is 8.55. The van der Waals surface area contributed by atoms with E-state index in [1.54, 1.807) is 52.0 Å². The summed E-state index contributed by atoms with van der Waals surface area (Å²) in [5.41, 5.74) is 0.698. The van der Waals surface area contributed by atoms with Crippen LogP contribution in [0.1, 0.15) is 33.3 Å². The van der Waals surface area contributed by atoms with Crippen LogP contribution in [-0.2, 0) is 20.9 Å². The highest BCUT2D eigenvalue weighted by Crippen LogP contribution is 2.14. The fourth-order valence-electron chi connectivity index (χ4n) is 1.85. The van der Waals surface area contributed by atoms with Gasteiger partial charge < -0.3 is 20.7 Å². The van der Waals surface area contributed by atoms with Crippen LogP contribution in [0.15, 0.2) is 36.4 Å². The quantitative estimate of drug-likeness (QED) is 0.688. The highest BCUT2D eigenvalue weighted by atomic mass is 16.6. The van der Waals surface area contributed by atoms with Crippen molar-refractivity contribution in [3.8, 4) is 0 Å². The van der Waals surface area contributed by atoms with Crippen LogP contribution in [0.3, 0.4) is 0 Å². The highest BCUT2D eigenvalue weighted by Gasteiger charge is 2.16. The Labute approximate surface area is 147 Å². The number of anilines is 1. The second kappa shape index (κ2) is 9.46. The molecule has 1 aromatic carbocycles. The number of carbonyl (C=O) groups excluding carboxylic acids is 3. The molecule has 25 heavy (non-hydrogen) atoms. The summed E-state index contributed by atoms with van der Waals surface area (Å²) in [5, 5.41) is 7.82. The van der Waals surface area contributed by atoms with E-state index in [1.165, 1.54) is 6.08 Å². The molecular weight excluding hydrogens is 322 g/mol. The molecule has 0 aliphatic rings. The van der Waals surface area contributed by atoms with Crippen LogP contribution in [0.2, 0.25) is 0 Å². The lowest BCUT2D eigenvalue weighted by Gasteiger charge is -2.19. The zero-order valence-corrected chi connectivity index (χ0v) is 15.0. The molecule has 0 saturated heterocycles. The molecule has 0 aliphatic carbocycles. The van der Waals surface area contributed by atoms with Gasteiger partial charge >= 0.3 is 6.09 Å². The van der Waals surface area contributed by atoms with Crippen molar-refractivity contribution in [2.24, 2.45) is 0 Å². The predicted octanol–water partition coefficient (Wildman–Crippen LogP) is 2.34. The lowest BCUT2D eigenvalue weighted by Crippen LogP contribution is -2.37. The van der Waals surface area contributed by atoms with E-state index in [-0.39, 0.29) is 19.0 Å². The summed E-state index contributed by atoms with van der Waals surface area (Å²) in [6.45, 7) is 7.04. The first-order valence-electron chi connectivity index (χ1n) is 7.96. The van der Waals surface area contributed by atoms with Crippen LogP contribution in [0, 0.1) is 0 Å². The lowest BCUT2D eigenvalue weighted by atomic mass is 10.1. The monoisotopic (exact) mass is 347 g/mol. The Hall–Kier alpha value is -2.83. The van der Waals surface area contributed by atoms with Crippen LogP contribution < -0.4 is 16.0 Å². The number of rotatable bonds is 6. The second-order valence-corrected chi connectivity index (χ2v) is 6.28. The van der Waals surface area contributed by atoms with Gasteiger partial charge in [0.1, 0.15) is 12.1 Å². The molecule has 0 atom stereocenters. The number of amides is 3. The minimum atomic E-state index is -0.658. The standard InChI is InChI=1S/C18H25N3O4/c1-5-8-15(22)19-11-13-9-6-7-10-14(13)21-16(23)12-20-17(24)25-18(2,3)4/h5-10H,11-12H2,1-4H3,(H,19,22)(H,20,24)(H,21,23)/b8-5+. The van der Waals surface area contributed by atoms with E-state index in [0.29, 0.717) is 5.69 Å². The summed E-state index contributed by atoms with van der Waals surface area (Å²) in [6.07, 6.45) is 2.41. The molecule has 3 amide bonds. The van der Waals surface area contributed by atoms with Gasteiger partial charge in [0.15, 0.2) is 0 Å². The first-order valence-corrected chi connectivity index (χ1v) is 7.96. The van der Waals surface area contributed by atoms with Gasteiger partial charge in [0.2, 0.25) is 11.8 Å². The van der Waals surface area contributed by atoms with E-state index in [2.05, 4.69) is 16.0 Å². The molecule has 1 aromatic rings. The lowest BCUT2D eigenvalue weighted by molar-refractivity contribution is -0.116. The van der Waals surface area contributed by atoms with E-state index >= 15 is 0 Å². The number of hydrogen-bond acceptors (Lipinski definition) is 4. The summed E-state index contributed by atoms with van der Waals surface area (Å²) >= 11 is 0. The van der Waals surface area contributed by atoms with Gasteiger partial charge in [-0.2, -0.15) is 0 Å². The maximum absolute atomic E-state index is 12.0. The SMILES string of the molecule is C/C=C/C(=O)NCc1ccccc1NC(=O)CNC(=O)OC(C)(C)C. The van der Waals surface area contributed by atoms with Gasteiger partial charge in [-0.05, 0) is 45.4 Å². The number of alkyl carbamates (subject to hydrolysis) is 1. The first-order chi connectivity index (χ1) is 11.7. The zero-order chi connectivity index (χ0) is 18.9. The summed E-state index contributed by atoms with van der Waals surface area (Å²) in [5.74, 6) is -0.603. The summed E-state index contributed by atoms with van der Waals surface area (Å²) in [6, 6.07) is 7.11. The number of carbonyl (C=O) groups is 3. The molecule has 0 aliphatic heterocycles. The molecule has 0 heterocycles. The number of hydrogen-bond donors (Lipinski definition) is 3. The van der Waals surface area contributed by atoms with Gasteiger partial charge in [0, 0.05) is 12.2 Å². The summed E-state index contributed by atoms with van der Waals surface area (Å²) in [4.78, 5) is 35.0. The molecule has 1 rings (SSSR count). The van der Waals surface area contributed by atoms with E-state index < -0.39 is 17.6 Å². The van der Waals surface area contributed by atoms with Crippen LogP contribution in [0.5, 0.6) is 0 Å². The van der Waals surface area contributed by atoms with Crippen LogP contribution in [-0.4, -0.2) is 30.1 Å². The highest BCUT2D eigenvalue weighted by molar-refractivity contribution is 5.94. The topological polar surface area (TPSA) is 96.5 Å². The van der Waals surface area contributed by atoms with Crippen LogP contribution in [0.4, 0.5) is 10.5 Å². The molecule has 0 spiro atoms. The van der Waals surface area contributed by atoms with Crippen molar-refractivity contribution >= 4 is 23.6 Å². The van der Waals surface area contributed by atoms with Crippen molar-refractivity contribution in [3.05, 3.63) is 42.0 Å². The normalized spacial score (nSPS) is 11.0. The molecule has 0 radical (unpaired) electrons. The maximum atomic E-state index is 12.0. The van der Waals surface area contributed by atoms with Gasteiger partial charge in [-0.25, -0.2) is 4.79 Å². The van der Waals surface area contributed by atoms with Crippen LogP contribution >= 0.6 is 0 Å². The van der Waals surface area contributed by atoms with Crippen molar-refractivity contribution in [2.75, 3.05) is 11.9 Å². The zero-order valence-electron chi connectivity index (χ0n) is 15.0. The minimum Gasteiger partial charge on any atom is -0.444 e. The fraction of sp³-hybridized carbons (Fsp3) is 0.389. The number of allylic oxidation sites excluding steroid dienone is 1. The molecule has 136 valence electrons. The maximum Gasteiger partial charge on any atom is 0.408 e. The van der Waals surface area contributed by atoms with E-state index in [4.69, 9.17) is 4.74 Å². The van der Waals surface area contributed by atoms with Crippen molar-refractivity contribution in [1.29, 1.82) is 0 Å². The molecule has 3 N–H and O–H groups in total. The number of nitrogens with one attached hydrogen (secondary N) is 3. The van der Waals surface area contributed by atoms with Gasteiger partial charge in [-0.3, -0.25) is 9.59 Å². The molecule has 0 aromatic heterocycles. The van der Waals surface area contributed by atoms with E-state index in [1.807, 2.05) is 6.07 Å². The Morgan fingerprint density at radius 3 is 2.44 bits per heavy atom. The third-order valence-electron chi connectivity index (χ3n) is 2.85. The molecule has 0 fully saturated rings. The smallest absolute Gasteiger partial charge is 0.408 e. The molecule has 0 bridgehead atoms. The van der Waals surface area contributed by atoms with Gasteiger partial charge in [-0.1, -0.05) is 24.3 Å². The van der Waals surface area contributed by atoms with Crippen molar-refractivity contribution in [3.63, 3.8) is 0 Å².